The molecule has 0 saturated carbocycles. The molecule has 0 spiro atoms. The molecule has 3 nitrogen and oxygen atoms in total. The zero-order valence-electron chi connectivity index (χ0n) is 7.12. The van der Waals surface area contributed by atoms with Gasteiger partial charge in [0.2, 0.25) is 0 Å². The minimum Gasteiger partial charge on any atom is -0.368 e. The molecule has 1 aromatic rings. The van der Waals surface area contributed by atoms with E-state index < -0.39 is 0 Å². The van der Waals surface area contributed by atoms with Gasteiger partial charge in [0.25, 0.3) is 0 Å². The zero-order valence-corrected chi connectivity index (χ0v) is 7.12. The van der Waals surface area contributed by atoms with Gasteiger partial charge in [0.1, 0.15) is 0 Å². The average molecular weight is 163 g/mol. The van der Waals surface area contributed by atoms with Crippen LogP contribution in [0.1, 0.15) is 0 Å². The Labute approximate surface area is 72.5 Å². The number of benzene rings is 1. The third-order valence-electron chi connectivity index (χ3n) is 1.53. The smallest absolute Gasteiger partial charge is 0.0881 e. The highest BCUT2D eigenvalue weighted by Crippen LogP contribution is 2.03. The monoisotopic (exact) mass is 163 g/mol. The Morgan fingerprint density at radius 1 is 1.42 bits per heavy atom. The second-order valence-electron chi connectivity index (χ2n) is 2.59. The number of nitrogens with one attached hydrogen (secondary N) is 2. The summed E-state index contributed by atoms with van der Waals surface area (Å²) in [4.78, 5) is 1.76. The molecule has 0 heterocycles. The number of hydrogen-bond donors (Lipinski definition) is 2. The predicted octanol–water partition coefficient (Wildman–Crippen LogP) is 1.59. The minimum atomic E-state index is 0.660. The van der Waals surface area contributed by atoms with Crippen LogP contribution in [0.2, 0.25) is 0 Å². The third kappa shape index (κ3) is 2.62. The van der Waals surface area contributed by atoms with Gasteiger partial charge in [0.05, 0.1) is 13.0 Å². The molecule has 0 unspecified atom stereocenters. The van der Waals surface area contributed by atoms with Crippen LogP contribution in [-0.2, 0) is 0 Å². The van der Waals surface area contributed by atoms with Gasteiger partial charge >= 0.3 is 0 Å². The fourth-order valence-corrected chi connectivity index (χ4v) is 0.818. The first-order valence-electron chi connectivity index (χ1n) is 3.82. The Kier molecular flexibility index (Phi) is 3.14. The van der Waals surface area contributed by atoms with Gasteiger partial charge in [-0.25, -0.2) is 0 Å². The second kappa shape index (κ2) is 4.38. The van der Waals surface area contributed by atoms with Crippen molar-refractivity contribution in [1.29, 1.82) is 5.41 Å². The SMILES string of the molecule is CN(C=N)CNc1ccccc1. The van der Waals surface area contributed by atoms with Crippen molar-refractivity contribution in [2.45, 2.75) is 0 Å². The van der Waals surface area contributed by atoms with Crippen LogP contribution in [0.15, 0.2) is 30.3 Å². The molecule has 0 fully saturated rings. The van der Waals surface area contributed by atoms with Crippen LogP contribution in [0.5, 0.6) is 0 Å². The number of anilines is 1. The van der Waals surface area contributed by atoms with Crippen molar-refractivity contribution in [2.75, 3.05) is 19.0 Å². The Morgan fingerprint density at radius 3 is 2.67 bits per heavy atom. The van der Waals surface area contributed by atoms with E-state index in [4.69, 9.17) is 5.41 Å². The highest BCUT2D eigenvalue weighted by molar-refractivity contribution is 5.51. The lowest BCUT2D eigenvalue weighted by atomic mass is 10.3. The molecular weight excluding hydrogens is 150 g/mol. The fourth-order valence-electron chi connectivity index (χ4n) is 0.818. The van der Waals surface area contributed by atoms with E-state index in [0.717, 1.165) is 5.69 Å². The fraction of sp³-hybridized carbons (Fsp3) is 0.222. The van der Waals surface area contributed by atoms with E-state index >= 15 is 0 Å². The van der Waals surface area contributed by atoms with Gasteiger partial charge in [-0.2, -0.15) is 0 Å². The van der Waals surface area contributed by atoms with E-state index in [1.54, 1.807) is 4.90 Å². The van der Waals surface area contributed by atoms with E-state index in [1.165, 1.54) is 6.34 Å². The molecule has 64 valence electrons. The van der Waals surface area contributed by atoms with Crippen molar-refractivity contribution in [3.05, 3.63) is 30.3 Å². The Balaban J connectivity index is 2.38. The van der Waals surface area contributed by atoms with Crippen LogP contribution >= 0.6 is 0 Å². The van der Waals surface area contributed by atoms with Crippen molar-refractivity contribution >= 4 is 12.0 Å². The molecule has 2 N–H and O–H groups in total. The van der Waals surface area contributed by atoms with Crippen molar-refractivity contribution in [2.24, 2.45) is 0 Å². The molecule has 0 amide bonds. The van der Waals surface area contributed by atoms with Gasteiger partial charge in [-0.1, -0.05) is 18.2 Å². The maximum absolute atomic E-state index is 6.94. The van der Waals surface area contributed by atoms with E-state index in [1.807, 2.05) is 37.4 Å². The highest BCUT2D eigenvalue weighted by atomic mass is 15.2. The van der Waals surface area contributed by atoms with E-state index in [2.05, 4.69) is 5.32 Å². The van der Waals surface area contributed by atoms with Crippen molar-refractivity contribution in [3.8, 4) is 0 Å². The van der Waals surface area contributed by atoms with Crippen LogP contribution in [0.4, 0.5) is 5.69 Å². The van der Waals surface area contributed by atoms with Crippen LogP contribution in [0.25, 0.3) is 0 Å². The van der Waals surface area contributed by atoms with Gasteiger partial charge in [0, 0.05) is 12.7 Å². The molecule has 1 rings (SSSR count). The summed E-state index contributed by atoms with van der Waals surface area (Å²) in [6.07, 6.45) is 1.29. The molecule has 0 aromatic heterocycles. The second-order valence-corrected chi connectivity index (χ2v) is 2.59. The van der Waals surface area contributed by atoms with Crippen molar-refractivity contribution in [1.82, 2.24) is 4.90 Å². The van der Waals surface area contributed by atoms with Crippen molar-refractivity contribution in [3.63, 3.8) is 0 Å². The van der Waals surface area contributed by atoms with Crippen molar-refractivity contribution < 1.29 is 0 Å². The van der Waals surface area contributed by atoms with Crippen LogP contribution in [-0.4, -0.2) is 25.0 Å². The van der Waals surface area contributed by atoms with Gasteiger partial charge in [0.15, 0.2) is 0 Å². The van der Waals surface area contributed by atoms with Crippen LogP contribution in [0, 0.1) is 5.41 Å². The lowest BCUT2D eigenvalue weighted by Crippen LogP contribution is -2.22. The number of para-hydroxylation sites is 1. The topological polar surface area (TPSA) is 39.1 Å². The number of hydrogen-bond acceptors (Lipinski definition) is 2. The van der Waals surface area contributed by atoms with E-state index in [0.29, 0.717) is 6.67 Å². The first-order chi connectivity index (χ1) is 5.83. The largest absolute Gasteiger partial charge is 0.368 e. The molecule has 0 aliphatic carbocycles. The summed E-state index contributed by atoms with van der Waals surface area (Å²) in [6, 6.07) is 9.93. The quantitative estimate of drug-likeness (QED) is 0.402. The lowest BCUT2D eigenvalue weighted by Gasteiger charge is -2.13. The minimum absolute atomic E-state index is 0.660. The summed E-state index contributed by atoms with van der Waals surface area (Å²) in [5.41, 5.74) is 1.08. The molecular formula is C9H13N3. The maximum Gasteiger partial charge on any atom is 0.0881 e. The first kappa shape index (κ1) is 8.59. The first-order valence-corrected chi connectivity index (χ1v) is 3.82. The summed E-state index contributed by atoms with van der Waals surface area (Å²) in [5.74, 6) is 0. The Morgan fingerprint density at radius 2 is 2.08 bits per heavy atom. The van der Waals surface area contributed by atoms with Crippen LogP contribution < -0.4 is 5.32 Å². The molecule has 0 aliphatic rings. The molecule has 0 bridgehead atoms. The van der Waals surface area contributed by atoms with Gasteiger partial charge < -0.3 is 10.2 Å². The zero-order chi connectivity index (χ0) is 8.81. The maximum atomic E-state index is 6.94. The summed E-state index contributed by atoms with van der Waals surface area (Å²) < 4.78 is 0. The predicted molar refractivity (Wildman–Crippen MR) is 51.5 cm³/mol. The molecule has 12 heavy (non-hydrogen) atoms. The van der Waals surface area contributed by atoms with Gasteiger partial charge in [-0.05, 0) is 12.1 Å². The summed E-state index contributed by atoms with van der Waals surface area (Å²) in [5, 5.41) is 10.1. The van der Waals surface area contributed by atoms with Gasteiger partial charge in [-0.15, -0.1) is 0 Å². The normalized spacial score (nSPS) is 9.08. The molecule has 1 aromatic carbocycles. The molecule has 0 aliphatic heterocycles. The van der Waals surface area contributed by atoms with Gasteiger partial charge in [-0.3, -0.25) is 5.41 Å². The highest BCUT2D eigenvalue weighted by Gasteiger charge is 1.90. The summed E-state index contributed by atoms with van der Waals surface area (Å²) >= 11 is 0. The number of rotatable bonds is 4. The Hall–Kier alpha value is -1.51. The van der Waals surface area contributed by atoms with E-state index in [-0.39, 0.29) is 0 Å². The number of nitrogens with zero attached hydrogens (tertiary/aromatic N) is 1. The molecule has 3 heteroatoms. The van der Waals surface area contributed by atoms with Crippen LogP contribution in [0.3, 0.4) is 0 Å². The third-order valence-corrected chi connectivity index (χ3v) is 1.53. The summed E-state index contributed by atoms with van der Waals surface area (Å²) in [7, 11) is 1.85. The molecule has 0 radical (unpaired) electrons. The Bertz CT molecular complexity index is 233. The lowest BCUT2D eigenvalue weighted by molar-refractivity contribution is 0.556. The van der Waals surface area contributed by atoms with E-state index in [9.17, 15) is 0 Å². The standard InChI is InChI=1S/C9H13N3/c1-12(7-10)8-11-9-5-3-2-4-6-9/h2-7,10-11H,8H2,1H3. The average Bonchev–Trinajstić information content (AvgIpc) is 2.16. The molecule has 0 saturated heterocycles. The molecule has 0 atom stereocenters. The summed E-state index contributed by atoms with van der Waals surface area (Å²) in [6.45, 7) is 0.660.